The predicted octanol–water partition coefficient (Wildman–Crippen LogP) is 2.87. The molecule has 0 spiro atoms. The second kappa shape index (κ2) is 6.58. The summed E-state index contributed by atoms with van der Waals surface area (Å²) in [5.74, 6) is 1.05. The lowest BCUT2D eigenvalue weighted by molar-refractivity contribution is 0.153. The largest absolute Gasteiger partial charge is 0.394 e. The summed E-state index contributed by atoms with van der Waals surface area (Å²) >= 11 is 0. The average molecular weight is 289 g/mol. The molecular formula is C17H27N3O. The van der Waals surface area contributed by atoms with E-state index in [0.717, 1.165) is 30.7 Å². The summed E-state index contributed by atoms with van der Waals surface area (Å²) in [7, 11) is 0. The topological polar surface area (TPSA) is 50.1 Å². The molecule has 4 heteroatoms. The Morgan fingerprint density at radius 2 is 2.05 bits per heavy atom. The highest BCUT2D eigenvalue weighted by Gasteiger charge is 2.23. The molecular weight excluding hydrogens is 262 g/mol. The van der Waals surface area contributed by atoms with Crippen molar-refractivity contribution in [2.75, 3.05) is 6.61 Å². The third-order valence-electron chi connectivity index (χ3n) is 3.94. The molecule has 0 bridgehead atoms. The van der Waals surface area contributed by atoms with Crippen molar-refractivity contribution in [2.24, 2.45) is 0 Å². The van der Waals surface area contributed by atoms with Gasteiger partial charge in [-0.05, 0) is 38.8 Å². The number of hydrogen-bond donors (Lipinski definition) is 2. The maximum absolute atomic E-state index is 9.64. The van der Waals surface area contributed by atoms with Crippen molar-refractivity contribution >= 4 is 11.0 Å². The summed E-state index contributed by atoms with van der Waals surface area (Å²) in [5.41, 5.74) is 2.04. The Balaban J connectivity index is 2.03. The number of nitrogens with zero attached hydrogens (tertiary/aromatic N) is 2. The van der Waals surface area contributed by atoms with Gasteiger partial charge in [-0.2, -0.15) is 0 Å². The zero-order chi connectivity index (χ0) is 15.5. The van der Waals surface area contributed by atoms with Crippen LogP contribution in [0.1, 0.15) is 39.4 Å². The number of aryl methyl sites for hydroxylation is 2. The van der Waals surface area contributed by atoms with Crippen LogP contribution in [0, 0.1) is 6.92 Å². The first-order valence-corrected chi connectivity index (χ1v) is 7.75. The molecule has 0 saturated carbocycles. The Morgan fingerprint density at radius 1 is 1.33 bits per heavy atom. The van der Waals surface area contributed by atoms with E-state index in [1.54, 1.807) is 0 Å². The fourth-order valence-corrected chi connectivity index (χ4v) is 3.00. The van der Waals surface area contributed by atoms with E-state index < -0.39 is 0 Å². The lowest BCUT2D eigenvalue weighted by Crippen LogP contribution is -2.49. The van der Waals surface area contributed by atoms with E-state index in [0.29, 0.717) is 6.04 Å². The summed E-state index contributed by atoms with van der Waals surface area (Å²) in [6.07, 6.45) is 1.95. The SMILES string of the molecule is Cc1nc2ccccc2n1CCCC(C)(CO)NC(C)C. The van der Waals surface area contributed by atoms with Crippen molar-refractivity contribution in [1.29, 1.82) is 0 Å². The molecule has 4 nitrogen and oxygen atoms in total. The second-order valence-electron chi connectivity index (χ2n) is 6.42. The number of nitrogens with one attached hydrogen (secondary N) is 1. The van der Waals surface area contributed by atoms with Crippen LogP contribution in [-0.2, 0) is 6.54 Å². The molecule has 0 aliphatic rings. The third-order valence-corrected chi connectivity index (χ3v) is 3.94. The van der Waals surface area contributed by atoms with Crippen LogP contribution in [0.15, 0.2) is 24.3 Å². The minimum Gasteiger partial charge on any atom is -0.394 e. The van der Waals surface area contributed by atoms with Gasteiger partial charge in [0.1, 0.15) is 5.82 Å². The second-order valence-corrected chi connectivity index (χ2v) is 6.42. The van der Waals surface area contributed by atoms with Gasteiger partial charge in [-0.25, -0.2) is 4.98 Å². The molecule has 0 saturated heterocycles. The van der Waals surface area contributed by atoms with E-state index in [2.05, 4.69) is 60.8 Å². The number of aromatic nitrogens is 2. The van der Waals surface area contributed by atoms with Crippen LogP contribution < -0.4 is 5.32 Å². The highest BCUT2D eigenvalue weighted by molar-refractivity contribution is 5.75. The van der Waals surface area contributed by atoms with Crippen LogP contribution in [0.4, 0.5) is 0 Å². The molecule has 2 aromatic rings. The third kappa shape index (κ3) is 3.83. The predicted molar refractivity (Wildman–Crippen MR) is 87.5 cm³/mol. The van der Waals surface area contributed by atoms with Gasteiger partial charge in [0, 0.05) is 18.1 Å². The Morgan fingerprint density at radius 3 is 2.71 bits per heavy atom. The molecule has 1 atom stereocenters. The molecule has 0 fully saturated rings. The van der Waals surface area contributed by atoms with Gasteiger partial charge in [0.2, 0.25) is 0 Å². The first-order chi connectivity index (χ1) is 9.95. The minimum atomic E-state index is -0.210. The van der Waals surface area contributed by atoms with Crippen molar-refractivity contribution in [3.63, 3.8) is 0 Å². The van der Waals surface area contributed by atoms with Crippen molar-refractivity contribution in [3.05, 3.63) is 30.1 Å². The van der Waals surface area contributed by atoms with Crippen LogP contribution in [-0.4, -0.2) is 32.8 Å². The van der Waals surface area contributed by atoms with E-state index in [1.165, 1.54) is 5.52 Å². The van der Waals surface area contributed by atoms with Crippen LogP contribution in [0.5, 0.6) is 0 Å². The molecule has 0 aliphatic carbocycles. The van der Waals surface area contributed by atoms with Crippen LogP contribution in [0.3, 0.4) is 0 Å². The van der Waals surface area contributed by atoms with Gasteiger partial charge in [-0.3, -0.25) is 0 Å². The van der Waals surface area contributed by atoms with E-state index in [9.17, 15) is 5.11 Å². The number of para-hydroxylation sites is 2. The molecule has 2 N–H and O–H groups in total. The average Bonchev–Trinajstić information content (AvgIpc) is 2.74. The standard InChI is InChI=1S/C17H27N3O/c1-13(2)19-17(4,12-21)10-7-11-20-14(3)18-15-8-5-6-9-16(15)20/h5-6,8-9,13,19,21H,7,10-12H2,1-4H3. The highest BCUT2D eigenvalue weighted by Crippen LogP contribution is 2.18. The van der Waals surface area contributed by atoms with Gasteiger partial charge < -0.3 is 15.0 Å². The molecule has 116 valence electrons. The molecule has 1 aromatic carbocycles. The summed E-state index contributed by atoms with van der Waals surface area (Å²) < 4.78 is 2.27. The van der Waals surface area contributed by atoms with E-state index in [1.807, 2.05) is 6.07 Å². The van der Waals surface area contributed by atoms with Gasteiger partial charge >= 0.3 is 0 Å². The number of hydrogen-bond acceptors (Lipinski definition) is 3. The number of aliphatic hydroxyl groups is 1. The van der Waals surface area contributed by atoms with Crippen molar-refractivity contribution in [1.82, 2.24) is 14.9 Å². The Hall–Kier alpha value is -1.39. The number of benzene rings is 1. The lowest BCUT2D eigenvalue weighted by atomic mass is 9.95. The van der Waals surface area contributed by atoms with Crippen molar-refractivity contribution < 1.29 is 5.11 Å². The summed E-state index contributed by atoms with van der Waals surface area (Å²) in [6.45, 7) is 9.46. The number of imidazole rings is 1. The van der Waals surface area contributed by atoms with E-state index in [-0.39, 0.29) is 12.1 Å². The minimum absolute atomic E-state index is 0.162. The van der Waals surface area contributed by atoms with Gasteiger partial charge in [0.15, 0.2) is 0 Å². The zero-order valence-corrected chi connectivity index (χ0v) is 13.6. The van der Waals surface area contributed by atoms with Crippen LogP contribution in [0.2, 0.25) is 0 Å². The summed E-state index contributed by atoms with van der Waals surface area (Å²) in [4.78, 5) is 4.59. The first-order valence-electron chi connectivity index (χ1n) is 7.75. The van der Waals surface area contributed by atoms with Gasteiger partial charge in [-0.15, -0.1) is 0 Å². The quantitative estimate of drug-likeness (QED) is 0.824. The van der Waals surface area contributed by atoms with Crippen LogP contribution in [0.25, 0.3) is 11.0 Å². The molecule has 0 radical (unpaired) electrons. The van der Waals surface area contributed by atoms with Crippen molar-refractivity contribution in [3.8, 4) is 0 Å². The Labute approximate surface area is 127 Å². The molecule has 0 aliphatic heterocycles. The van der Waals surface area contributed by atoms with Gasteiger partial charge in [0.25, 0.3) is 0 Å². The highest BCUT2D eigenvalue weighted by atomic mass is 16.3. The molecule has 1 heterocycles. The number of rotatable bonds is 7. The fraction of sp³-hybridized carbons (Fsp3) is 0.588. The Bertz CT molecular complexity index is 591. The molecule has 1 unspecified atom stereocenters. The normalized spacial score (nSPS) is 14.8. The maximum Gasteiger partial charge on any atom is 0.106 e. The van der Waals surface area contributed by atoms with Crippen molar-refractivity contribution in [2.45, 2.75) is 58.7 Å². The number of aliphatic hydroxyl groups excluding tert-OH is 1. The number of fused-ring (bicyclic) bond motifs is 1. The molecule has 0 amide bonds. The van der Waals surface area contributed by atoms with Gasteiger partial charge in [0.05, 0.1) is 17.6 Å². The van der Waals surface area contributed by atoms with E-state index in [4.69, 9.17) is 0 Å². The molecule has 2 rings (SSSR count). The lowest BCUT2D eigenvalue weighted by Gasteiger charge is -2.31. The van der Waals surface area contributed by atoms with Gasteiger partial charge in [-0.1, -0.05) is 26.0 Å². The zero-order valence-electron chi connectivity index (χ0n) is 13.6. The summed E-state index contributed by atoms with van der Waals surface area (Å²) in [6, 6.07) is 8.62. The van der Waals surface area contributed by atoms with E-state index >= 15 is 0 Å². The Kier molecular flexibility index (Phi) is 5.01. The summed E-state index contributed by atoms with van der Waals surface area (Å²) in [5, 5.41) is 13.1. The maximum atomic E-state index is 9.64. The smallest absolute Gasteiger partial charge is 0.106 e. The molecule has 1 aromatic heterocycles. The van der Waals surface area contributed by atoms with Crippen LogP contribution >= 0.6 is 0 Å². The monoisotopic (exact) mass is 289 g/mol. The molecule has 21 heavy (non-hydrogen) atoms. The fourth-order valence-electron chi connectivity index (χ4n) is 3.00. The first kappa shape index (κ1) is 16.0.